The van der Waals surface area contributed by atoms with Crippen molar-refractivity contribution in [3.63, 3.8) is 0 Å². The molecule has 0 N–H and O–H groups in total. The maximum absolute atomic E-state index is 13.6. The summed E-state index contributed by atoms with van der Waals surface area (Å²) in [6.45, 7) is 5.40. The summed E-state index contributed by atoms with van der Waals surface area (Å²) in [5, 5.41) is 0.548. The molecule has 0 fully saturated rings. The van der Waals surface area contributed by atoms with Gasteiger partial charge in [0.05, 0.1) is 30.1 Å². The zero-order valence-electron chi connectivity index (χ0n) is 19.2. The molecular formula is C25H29N3O5. The normalized spacial score (nSPS) is 13.3. The maximum atomic E-state index is 13.6. The number of hydrogen-bond donors (Lipinski definition) is 0. The van der Waals surface area contributed by atoms with Crippen molar-refractivity contribution in [3.8, 4) is 11.5 Å². The van der Waals surface area contributed by atoms with Crippen LogP contribution in [0, 0.1) is 0 Å². The van der Waals surface area contributed by atoms with E-state index in [1.54, 1.807) is 40.8 Å². The fraction of sp³-hybridized carbons (Fsp3) is 0.400. The second-order valence-electron chi connectivity index (χ2n) is 8.03. The van der Waals surface area contributed by atoms with Crippen molar-refractivity contribution < 1.29 is 19.0 Å². The monoisotopic (exact) mass is 451 g/mol. The van der Waals surface area contributed by atoms with Crippen LogP contribution in [0.1, 0.15) is 48.9 Å². The van der Waals surface area contributed by atoms with Gasteiger partial charge in [-0.1, -0.05) is 25.5 Å². The van der Waals surface area contributed by atoms with E-state index in [1.165, 1.54) is 0 Å². The van der Waals surface area contributed by atoms with Gasteiger partial charge in [0, 0.05) is 19.2 Å². The van der Waals surface area contributed by atoms with Crippen LogP contribution in [0.3, 0.4) is 0 Å². The van der Waals surface area contributed by atoms with Crippen molar-refractivity contribution >= 4 is 16.8 Å². The average Bonchev–Trinajstić information content (AvgIpc) is 3.31. The first-order valence-electron chi connectivity index (χ1n) is 11.2. The molecule has 2 heterocycles. The highest BCUT2D eigenvalue weighted by molar-refractivity contribution is 5.95. The van der Waals surface area contributed by atoms with E-state index in [0.29, 0.717) is 53.5 Å². The molecule has 4 rings (SSSR count). The van der Waals surface area contributed by atoms with Gasteiger partial charge in [-0.25, -0.2) is 4.98 Å². The van der Waals surface area contributed by atoms with Gasteiger partial charge in [-0.2, -0.15) is 0 Å². The van der Waals surface area contributed by atoms with E-state index in [1.807, 2.05) is 25.1 Å². The van der Waals surface area contributed by atoms with Crippen LogP contribution in [0.4, 0.5) is 0 Å². The van der Waals surface area contributed by atoms with E-state index in [9.17, 15) is 9.59 Å². The van der Waals surface area contributed by atoms with Gasteiger partial charge in [-0.3, -0.25) is 14.2 Å². The van der Waals surface area contributed by atoms with Gasteiger partial charge in [0.1, 0.15) is 5.82 Å². The molecule has 8 heteroatoms. The lowest BCUT2D eigenvalue weighted by atomic mass is 10.1. The summed E-state index contributed by atoms with van der Waals surface area (Å²) >= 11 is 0. The number of unbranched alkanes of at least 4 members (excludes halogenated alkanes) is 1. The lowest BCUT2D eigenvalue weighted by Crippen LogP contribution is -2.38. The number of carbonyl (C=O) groups is 1. The van der Waals surface area contributed by atoms with Gasteiger partial charge >= 0.3 is 0 Å². The van der Waals surface area contributed by atoms with Crippen LogP contribution in [0.5, 0.6) is 11.5 Å². The van der Waals surface area contributed by atoms with Crippen molar-refractivity contribution in [2.24, 2.45) is 0 Å². The Balaban J connectivity index is 1.76. The number of fused-ring (bicyclic) bond motifs is 2. The second-order valence-corrected chi connectivity index (χ2v) is 8.03. The summed E-state index contributed by atoms with van der Waals surface area (Å²) in [7, 11) is 1.60. The number of carbonyl (C=O) groups excluding carboxylic acids is 1. The summed E-state index contributed by atoms with van der Waals surface area (Å²) in [6.07, 6.45) is 1.76. The first-order valence-corrected chi connectivity index (χ1v) is 11.2. The van der Waals surface area contributed by atoms with Gasteiger partial charge in [0.15, 0.2) is 11.5 Å². The standard InChI is InChI=1S/C25H29N3O5/c1-4-5-12-27(24(29)18-10-11-21-22(15-18)33-16-32-21)17(2)23-26-20-9-7-6-8-19(20)25(30)28(23)13-14-31-3/h6-11,15,17H,4-5,12-14,16H2,1-3H3. The summed E-state index contributed by atoms with van der Waals surface area (Å²) in [5.74, 6) is 1.59. The topological polar surface area (TPSA) is 82.9 Å². The van der Waals surface area contributed by atoms with E-state index in [4.69, 9.17) is 19.2 Å². The average molecular weight is 452 g/mol. The molecule has 1 unspecified atom stereocenters. The highest BCUT2D eigenvalue weighted by Gasteiger charge is 2.28. The highest BCUT2D eigenvalue weighted by atomic mass is 16.7. The van der Waals surface area contributed by atoms with Gasteiger partial charge in [0.25, 0.3) is 11.5 Å². The number of rotatable bonds is 9. The van der Waals surface area contributed by atoms with Crippen LogP contribution in [-0.4, -0.2) is 47.4 Å². The largest absolute Gasteiger partial charge is 0.454 e. The smallest absolute Gasteiger partial charge is 0.261 e. The predicted molar refractivity (Wildman–Crippen MR) is 125 cm³/mol. The van der Waals surface area contributed by atoms with E-state index >= 15 is 0 Å². The fourth-order valence-electron chi connectivity index (χ4n) is 4.04. The fourth-order valence-corrected chi connectivity index (χ4v) is 4.04. The van der Waals surface area contributed by atoms with Crippen molar-refractivity contribution in [3.05, 3.63) is 64.2 Å². The first-order chi connectivity index (χ1) is 16.0. The number of benzene rings is 2. The molecule has 0 saturated heterocycles. The minimum absolute atomic E-state index is 0.134. The summed E-state index contributed by atoms with van der Waals surface area (Å²) in [5.41, 5.74) is 0.989. The third-order valence-electron chi connectivity index (χ3n) is 5.88. The Kier molecular flexibility index (Phi) is 6.93. The summed E-state index contributed by atoms with van der Waals surface area (Å²) in [6, 6.07) is 12.1. The maximum Gasteiger partial charge on any atom is 0.261 e. The Morgan fingerprint density at radius 2 is 2.00 bits per heavy atom. The van der Waals surface area contributed by atoms with Crippen molar-refractivity contribution in [2.45, 2.75) is 39.3 Å². The Bertz CT molecular complexity index is 1210. The van der Waals surface area contributed by atoms with Crippen molar-refractivity contribution in [1.82, 2.24) is 14.5 Å². The Morgan fingerprint density at radius 3 is 2.79 bits per heavy atom. The van der Waals surface area contributed by atoms with E-state index in [-0.39, 0.29) is 18.3 Å². The van der Waals surface area contributed by atoms with Gasteiger partial charge in [-0.05, 0) is 43.7 Å². The quantitative estimate of drug-likeness (QED) is 0.493. The molecule has 3 aromatic rings. The Morgan fingerprint density at radius 1 is 1.21 bits per heavy atom. The molecule has 174 valence electrons. The molecule has 1 amide bonds. The molecule has 1 atom stereocenters. The molecule has 1 aliphatic heterocycles. The number of amides is 1. The zero-order chi connectivity index (χ0) is 23.4. The molecule has 33 heavy (non-hydrogen) atoms. The minimum Gasteiger partial charge on any atom is -0.454 e. The molecule has 8 nitrogen and oxygen atoms in total. The summed E-state index contributed by atoms with van der Waals surface area (Å²) < 4.78 is 17.7. The molecule has 2 aromatic carbocycles. The van der Waals surface area contributed by atoms with Crippen molar-refractivity contribution in [2.75, 3.05) is 27.1 Å². The SMILES string of the molecule is CCCCN(C(=O)c1ccc2c(c1)OCO2)C(C)c1nc2ccccc2c(=O)n1CCOC. The van der Waals surface area contributed by atoms with Crippen LogP contribution in [0.15, 0.2) is 47.3 Å². The molecular weight excluding hydrogens is 422 g/mol. The van der Waals surface area contributed by atoms with Crippen LogP contribution < -0.4 is 15.0 Å². The number of ether oxygens (including phenoxy) is 3. The lowest BCUT2D eigenvalue weighted by Gasteiger charge is -2.30. The molecule has 0 aliphatic carbocycles. The third kappa shape index (κ3) is 4.57. The second kappa shape index (κ2) is 10.0. The molecule has 0 saturated carbocycles. The number of aromatic nitrogens is 2. The Hall–Kier alpha value is -3.39. The molecule has 0 radical (unpaired) electrons. The van der Waals surface area contributed by atoms with Crippen molar-refractivity contribution in [1.29, 1.82) is 0 Å². The molecule has 1 aliphatic rings. The van der Waals surface area contributed by atoms with E-state index in [0.717, 1.165) is 12.8 Å². The number of nitrogens with zero attached hydrogens (tertiary/aromatic N) is 3. The highest BCUT2D eigenvalue weighted by Crippen LogP contribution is 2.33. The van der Waals surface area contributed by atoms with Crippen LogP contribution >= 0.6 is 0 Å². The summed E-state index contributed by atoms with van der Waals surface area (Å²) in [4.78, 5) is 33.5. The first kappa shape index (κ1) is 22.8. The van der Waals surface area contributed by atoms with Gasteiger partial charge in [0.2, 0.25) is 6.79 Å². The van der Waals surface area contributed by atoms with Gasteiger partial charge < -0.3 is 19.1 Å². The molecule has 0 spiro atoms. The number of methoxy groups -OCH3 is 1. The molecule has 0 bridgehead atoms. The van der Waals surface area contributed by atoms with Crippen LogP contribution in [0.2, 0.25) is 0 Å². The molecule has 1 aromatic heterocycles. The van der Waals surface area contributed by atoms with Crippen LogP contribution in [-0.2, 0) is 11.3 Å². The third-order valence-corrected chi connectivity index (χ3v) is 5.88. The predicted octanol–water partition coefficient (Wildman–Crippen LogP) is 3.78. The van der Waals surface area contributed by atoms with E-state index < -0.39 is 6.04 Å². The Labute approximate surface area is 192 Å². The zero-order valence-corrected chi connectivity index (χ0v) is 19.2. The lowest BCUT2D eigenvalue weighted by molar-refractivity contribution is 0.0673. The minimum atomic E-state index is -0.427. The van der Waals surface area contributed by atoms with Crippen LogP contribution in [0.25, 0.3) is 10.9 Å². The number of para-hydroxylation sites is 1. The van der Waals surface area contributed by atoms with E-state index in [2.05, 4.69) is 6.92 Å². The van der Waals surface area contributed by atoms with Gasteiger partial charge in [-0.15, -0.1) is 0 Å². The number of hydrogen-bond acceptors (Lipinski definition) is 6.